The van der Waals surface area contributed by atoms with E-state index in [9.17, 15) is 4.79 Å². The molecule has 0 saturated carbocycles. The molecule has 3 heteroatoms. The zero-order chi connectivity index (χ0) is 11.5. The zero-order valence-electron chi connectivity index (χ0n) is 9.54. The van der Waals surface area contributed by atoms with Gasteiger partial charge in [-0.1, -0.05) is 17.2 Å². The molecule has 0 aromatic rings. The SMILES string of the molecule is NC(CC1=CC2=C(CCCC2)CC1)C(=O)O. The highest BCUT2D eigenvalue weighted by Gasteiger charge is 2.19. The fourth-order valence-electron chi connectivity index (χ4n) is 2.61. The molecule has 0 spiro atoms. The lowest BCUT2D eigenvalue weighted by atomic mass is 9.82. The van der Waals surface area contributed by atoms with E-state index >= 15 is 0 Å². The van der Waals surface area contributed by atoms with Crippen LogP contribution in [0.15, 0.2) is 22.8 Å². The topological polar surface area (TPSA) is 63.3 Å². The molecule has 3 nitrogen and oxygen atoms in total. The average molecular weight is 221 g/mol. The maximum atomic E-state index is 10.7. The second kappa shape index (κ2) is 4.83. The molecule has 16 heavy (non-hydrogen) atoms. The molecule has 3 N–H and O–H groups in total. The summed E-state index contributed by atoms with van der Waals surface area (Å²) in [5.74, 6) is -0.899. The maximum Gasteiger partial charge on any atom is 0.320 e. The average Bonchev–Trinajstić information content (AvgIpc) is 2.28. The Labute approximate surface area is 96.0 Å². The summed E-state index contributed by atoms with van der Waals surface area (Å²) >= 11 is 0. The van der Waals surface area contributed by atoms with E-state index in [1.54, 1.807) is 5.57 Å². The number of aliphatic carboxylic acids is 1. The molecule has 0 aliphatic heterocycles. The van der Waals surface area contributed by atoms with Gasteiger partial charge in [0.25, 0.3) is 0 Å². The maximum absolute atomic E-state index is 10.7. The quantitative estimate of drug-likeness (QED) is 0.769. The molecule has 2 rings (SSSR count). The third kappa shape index (κ3) is 2.53. The van der Waals surface area contributed by atoms with Gasteiger partial charge < -0.3 is 10.8 Å². The highest BCUT2D eigenvalue weighted by atomic mass is 16.4. The van der Waals surface area contributed by atoms with Crippen LogP contribution in [0.1, 0.15) is 44.9 Å². The number of nitrogens with two attached hydrogens (primary N) is 1. The van der Waals surface area contributed by atoms with Crippen molar-refractivity contribution >= 4 is 5.97 Å². The molecule has 0 saturated heterocycles. The van der Waals surface area contributed by atoms with E-state index in [0.717, 1.165) is 12.8 Å². The zero-order valence-corrected chi connectivity index (χ0v) is 9.54. The van der Waals surface area contributed by atoms with E-state index in [1.807, 2.05) is 0 Å². The van der Waals surface area contributed by atoms with E-state index in [2.05, 4.69) is 6.08 Å². The van der Waals surface area contributed by atoms with Gasteiger partial charge >= 0.3 is 5.97 Å². The van der Waals surface area contributed by atoms with Crippen LogP contribution in [0.3, 0.4) is 0 Å². The van der Waals surface area contributed by atoms with Gasteiger partial charge in [-0.05, 0) is 50.5 Å². The smallest absolute Gasteiger partial charge is 0.320 e. The molecule has 0 radical (unpaired) electrons. The first kappa shape index (κ1) is 11.4. The molecular weight excluding hydrogens is 202 g/mol. The van der Waals surface area contributed by atoms with Gasteiger partial charge in [0, 0.05) is 0 Å². The monoisotopic (exact) mass is 221 g/mol. The predicted molar refractivity (Wildman–Crippen MR) is 63.0 cm³/mol. The van der Waals surface area contributed by atoms with Crippen molar-refractivity contribution in [2.45, 2.75) is 51.0 Å². The first-order valence-corrected chi connectivity index (χ1v) is 6.05. The molecule has 0 aromatic carbocycles. The van der Waals surface area contributed by atoms with Crippen LogP contribution in [0.4, 0.5) is 0 Å². The molecule has 0 heterocycles. The Hall–Kier alpha value is -1.09. The van der Waals surface area contributed by atoms with Crippen molar-refractivity contribution in [2.24, 2.45) is 5.73 Å². The second-order valence-electron chi connectivity index (χ2n) is 4.79. The number of rotatable bonds is 3. The van der Waals surface area contributed by atoms with Crippen LogP contribution in [0.2, 0.25) is 0 Å². The van der Waals surface area contributed by atoms with Gasteiger partial charge in [0.1, 0.15) is 6.04 Å². The Morgan fingerprint density at radius 2 is 2.06 bits per heavy atom. The van der Waals surface area contributed by atoms with Gasteiger partial charge in [-0.25, -0.2) is 0 Å². The highest BCUT2D eigenvalue weighted by molar-refractivity contribution is 5.73. The number of hydrogen-bond acceptors (Lipinski definition) is 2. The predicted octanol–water partition coefficient (Wildman–Crippen LogP) is 2.38. The summed E-state index contributed by atoms with van der Waals surface area (Å²) in [5.41, 5.74) is 9.84. The lowest BCUT2D eigenvalue weighted by Crippen LogP contribution is -2.30. The molecule has 1 atom stereocenters. The molecule has 0 bridgehead atoms. The lowest BCUT2D eigenvalue weighted by molar-refractivity contribution is -0.138. The number of carbonyl (C=O) groups is 1. The number of carboxylic acid groups (broad SMARTS) is 1. The molecular formula is C13H19NO2. The van der Waals surface area contributed by atoms with E-state index in [1.165, 1.54) is 36.8 Å². The van der Waals surface area contributed by atoms with Gasteiger partial charge in [-0.2, -0.15) is 0 Å². The van der Waals surface area contributed by atoms with E-state index in [4.69, 9.17) is 10.8 Å². The fraction of sp³-hybridized carbons (Fsp3) is 0.615. The van der Waals surface area contributed by atoms with Gasteiger partial charge in [-0.3, -0.25) is 4.79 Å². The highest BCUT2D eigenvalue weighted by Crippen LogP contribution is 2.35. The molecule has 0 aromatic heterocycles. The number of carboxylic acids is 1. The molecule has 0 amide bonds. The normalized spacial score (nSPS) is 22.4. The first-order valence-electron chi connectivity index (χ1n) is 6.05. The van der Waals surface area contributed by atoms with Crippen LogP contribution >= 0.6 is 0 Å². The number of hydrogen-bond donors (Lipinski definition) is 2. The third-order valence-electron chi connectivity index (χ3n) is 3.55. The Bertz CT molecular complexity index is 355. The van der Waals surface area contributed by atoms with Crippen LogP contribution < -0.4 is 5.73 Å². The minimum Gasteiger partial charge on any atom is -0.480 e. The first-order chi connectivity index (χ1) is 7.66. The standard InChI is InChI=1S/C13H19NO2/c14-12(13(15)16)8-9-5-6-10-3-1-2-4-11(10)7-9/h7,12H,1-6,8,14H2,(H,15,16). The number of allylic oxidation sites excluding steroid dienone is 3. The molecule has 88 valence electrons. The minimum absolute atomic E-state index is 0.506. The van der Waals surface area contributed by atoms with Crippen molar-refractivity contribution in [1.82, 2.24) is 0 Å². The summed E-state index contributed by atoms with van der Waals surface area (Å²) in [6.45, 7) is 0. The van der Waals surface area contributed by atoms with Gasteiger partial charge in [0.15, 0.2) is 0 Å². The minimum atomic E-state index is -0.899. The summed E-state index contributed by atoms with van der Waals surface area (Å²) in [4.78, 5) is 10.7. The van der Waals surface area contributed by atoms with E-state index in [-0.39, 0.29) is 0 Å². The molecule has 1 unspecified atom stereocenters. The molecule has 2 aliphatic carbocycles. The lowest BCUT2D eigenvalue weighted by Gasteiger charge is -2.24. The van der Waals surface area contributed by atoms with Crippen molar-refractivity contribution in [3.05, 3.63) is 22.8 Å². The summed E-state index contributed by atoms with van der Waals surface area (Å²) < 4.78 is 0. The summed E-state index contributed by atoms with van der Waals surface area (Å²) in [6, 6.07) is -0.739. The molecule has 0 fully saturated rings. The second-order valence-corrected chi connectivity index (χ2v) is 4.79. The fourth-order valence-corrected chi connectivity index (χ4v) is 2.61. The van der Waals surface area contributed by atoms with Crippen molar-refractivity contribution < 1.29 is 9.90 Å². The summed E-state index contributed by atoms with van der Waals surface area (Å²) in [7, 11) is 0. The van der Waals surface area contributed by atoms with Crippen molar-refractivity contribution in [2.75, 3.05) is 0 Å². The Balaban J connectivity index is 2.04. The van der Waals surface area contributed by atoms with Gasteiger partial charge in [0.2, 0.25) is 0 Å². The van der Waals surface area contributed by atoms with E-state index < -0.39 is 12.0 Å². The largest absolute Gasteiger partial charge is 0.480 e. The van der Waals surface area contributed by atoms with Crippen LogP contribution in [0.25, 0.3) is 0 Å². The van der Waals surface area contributed by atoms with Gasteiger partial charge in [-0.15, -0.1) is 0 Å². The van der Waals surface area contributed by atoms with Crippen molar-refractivity contribution in [3.63, 3.8) is 0 Å². The van der Waals surface area contributed by atoms with E-state index in [0.29, 0.717) is 6.42 Å². The Kier molecular flexibility index (Phi) is 3.44. The summed E-state index contributed by atoms with van der Waals surface area (Å²) in [5, 5.41) is 8.78. The Morgan fingerprint density at radius 3 is 2.81 bits per heavy atom. The van der Waals surface area contributed by atoms with Crippen LogP contribution in [-0.4, -0.2) is 17.1 Å². The van der Waals surface area contributed by atoms with Crippen LogP contribution in [-0.2, 0) is 4.79 Å². The van der Waals surface area contributed by atoms with Crippen molar-refractivity contribution in [1.29, 1.82) is 0 Å². The summed E-state index contributed by atoms with van der Waals surface area (Å²) in [6.07, 6.45) is 9.83. The van der Waals surface area contributed by atoms with Gasteiger partial charge in [0.05, 0.1) is 0 Å². The molecule has 2 aliphatic rings. The Morgan fingerprint density at radius 1 is 1.31 bits per heavy atom. The van der Waals surface area contributed by atoms with Crippen molar-refractivity contribution in [3.8, 4) is 0 Å². The third-order valence-corrected chi connectivity index (χ3v) is 3.55. The van der Waals surface area contributed by atoms with Crippen LogP contribution in [0, 0.1) is 0 Å². The van der Waals surface area contributed by atoms with Crippen LogP contribution in [0.5, 0.6) is 0 Å².